The number of hydrogen-bond acceptors (Lipinski definition) is 21. The number of carbonyl (C=O) groups is 20. The second-order valence-corrected chi connectivity index (χ2v) is 37.1. The van der Waals surface area contributed by atoms with Gasteiger partial charge in [0.1, 0.15) is 86.6 Å². The highest BCUT2D eigenvalue weighted by molar-refractivity contribution is 6.04. The molecule has 1 fully saturated rings. The Hall–Kier alpha value is -10.6. The first kappa shape index (κ1) is 110. The van der Waals surface area contributed by atoms with Crippen molar-refractivity contribution < 1.29 is 101 Å². The van der Waals surface area contributed by atoms with E-state index < -0.39 is 243 Å². The van der Waals surface area contributed by atoms with Gasteiger partial charge in [-0.05, 0) is 192 Å². The molecule has 1 aliphatic rings. The standard InChI is InChI=1S/C82H144N20O21/c1-27-81(25,99-62(111)51(32-34-57(84)106)92-69(118)77(17,18)97-63(112)52(37-44(5)6)89-60(109)47(11)87-58(107)40-85-67(116)75(13,14)94-48(12)104)72(121)93-54(39-46(9)10)65(114)96-76(15,16)68(117)86-41-59(108)95-82(26,28-2)73(122)101-80(23,24)74(123)102-35-29-30-55(102)66(115)90-53(38-45(7)8)64(113)98-79(21,22)71(120)100-78(19,20)70(119)91-50(31-33-56(83)105)61(110)88-49(42-103)36-43(3)4/h43-47,49-55,103H,27-42H2,1-26H3,(H2,83,105)(H2,84,106)(H,85,116)(H,86,117)(H,87,107)(H,88,110)(H,89,109)(H,90,115)(H,91,119)(H,92,118)(H,93,121)(H,94,104)(H,95,108)(H,96,114)(H,97,112)(H,98,113)(H,99,111)(H,100,120)(H,101,122)/t47-,49+,50+,51+,52+,53+,54+,55+,81-,82-/m0/s1. The van der Waals surface area contributed by atoms with Crippen molar-refractivity contribution in [2.45, 2.75) is 350 Å². The van der Waals surface area contributed by atoms with Gasteiger partial charge in [0, 0.05) is 26.3 Å². The maximum Gasteiger partial charge on any atom is 0.248 e. The monoisotopic (exact) mass is 1750 g/mol. The number of nitrogens with zero attached hydrogens (tertiary/aromatic N) is 1. The van der Waals surface area contributed by atoms with Crippen LogP contribution in [0.3, 0.4) is 0 Å². The van der Waals surface area contributed by atoms with Crippen LogP contribution in [-0.2, 0) is 95.9 Å². The number of carbonyl (C=O) groups excluding carboxylic acids is 20. The lowest BCUT2D eigenvalue weighted by molar-refractivity contribution is -0.146. The van der Waals surface area contributed by atoms with Crippen molar-refractivity contribution in [2.24, 2.45) is 35.1 Å². The molecule has 20 amide bonds. The maximum atomic E-state index is 14.5. The Morgan fingerprint density at radius 2 is 0.740 bits per heavy atom. The summed E-state index contributed by atoms with van der Waals surface area (Å²) in [5, 5.41) is 53.7. The molecule has 0 bridgehead atoms. The van der Waals surface area contributed by atoms with Crippen LogP contribution in [0.5, 0.6) is 0 Å². The van der Waals surface area contributed by atoms with E-state index in [1.54, 1.807) is 55.4 Å². The molecule has 0 spiro atoms. The molecule has 41 heteroatoms. The second kappa shape index (κ2) is 47.3. The van der Waals surface area contributed by atoms with Crippen LogP contribution in [0, 0.1) is 23.7 Å². The molecule has 1 aliphatic heterocycles. The van der Waals surface area contributed by atoms with E-state index in [4.69, 9.17) is 11.5 Å². The van der Waals surface area contributed by atoms with E-state index in [1.165, 1.54) is 116 Å². The van der Waals surface area contributed by atoms with E-state index in [0.29, 0.717) is 12.8 Å². The minimum Gasteiger partial charge on any atom is -0.394 e. The van der Waals surface area contributed by atoms with Gasteiger partial charge in [0.2, 0.25) is 118 Å². The molecular weight excluding hydrogens is 1600 g/mol. The van der Waals surface area contributed by atoms with Crippen LogP contribution in [0.2, 0.25) is 0 Å². The molecule has 123 heavy (non-hydrogen) atoms. The van der Waals surface area contributed by atoms with Crippen LogP contribution < -0.4 is 102 Å². The molecule has 1 rings (SSSR count). The van der Waals surface area contributed by atoms with Gasteiger partial charge in [0.25, 0.3) is 0 Å². The fourth-order valence-corrected chi connectivity index (χ4v) is 12.7. The zero-order valence-electron chi connectivity index (χ0n) is 77.0. The lowest BCUT2D eigenvalue weighted by Gasteiger charge is -2.37. The lowest BCUT2D eigenvalue weighted by Crippen LogP contribution is -2.66. The predicted molar refractivity (Wildman–Crippen MR) is 454 cm³/mol. The number of primary amides is 2. The van der Waals surface area contributed by atoms with Gasteiger partial charge in [0.05, 0.1) is 25.7 Å². The van der Waals surface area contributed by atoms with Gasteiger partial charge >= 0.3 is 0 Å². The van der Waals surface area contributed by atoms with Crippen molar-refractivity contribution in [3.05, 3.63) is 0 Å². The van der Waals surface area contributed by atoms with Crippen LogP contribution in [0.15, 0.2) is 0 Å². The van der Waals surface area contributed by atoms with Crippen LogP contribution in [0.1, 0.15) is 257 Å². The molecule has 10 atom stereocenters. The van der Waals surface area contributed by atoms with E-state index in [1.807, 2.05) is 13.8 Å². The molecule has 1 saturated heterocycles. The molecule has 0 radical (unpaired) electrons. The summed E-state index contributed by atoms with van der Waals surface area (Å²) in [5.41, 5.74) is -2.98. The summed E-state index contributed by atoms with van der Waals surface area (Å²) in [7, 11) is 0. The summed E-state index contributed by atoms with van der Waals surface area (Å²) in [6.07, 6.45) is -0.510. The van der Waals surface area contributed by atoms with Gasteiger partial charge in [-0.2, -0.15) is 0 Å². The summed E-state index contributed by atoms with van der Waals surface area (Å²) < 4.78 is 0. The van der Waals surface area contributed by atoms with Gasteiger partial charge in [-0.15, -0.1) is 0 Å². The Kier molecular flexibility index (Phi) is 42.4. The highest BCUT2D eigenvalue weighted by Gasteiger charge is 2.48. The van der Waals surface area contributed by atoms with Gasteiger partial charge in [-0.1, -0.05) is 69.2 Å². The minimum atomic E-state index is -1.85. The van der Waals surface area contributed by atoms with Crippen molar-refractivity contribution in [3.63, 3.8) is 0 Å². The van der Waals surface area contributed by atoms with E-state index in [0.717, 1.165) is 0 Å². The molecule has 698 valence electrons. The molecule has 0 aromatic heterocycles. The fourth-order valence-electron chi connectivity index (χ4n) is 12.7. The molecule has 22 N–H and O–H groups in total. The lowest BCUT2D eigenvalue weighted by atomic mass is 9.94. The average Bonchev–Trinajstić information content (AvgIpc) is 1.73. The first-order chi connectivity index (χ1) is 56.2. The molecule has 0 unspecified atom stereocenters. The highest BCUT2D eigenvalue weighted by Crippen LogP contribution is 2.25. The first-order valence-corrected chi connectivity index (χ1v) is 41.9. The highest BCUT2D eigenvalue weighted by atomic mass is 16.3. The molecule has 1 heterocycles. The van der Waals surface area contributed by atoms with Crippen molar-refractivity contribution >= 4 is 118 Å². The average molecular weight is 1750 g/mol. The number of aliphatic hydroxyl groups is 1. The van der Waals surface area contributed by atoms with Crippen LogP contribution >= 0.6 is 0 Å². The molecule has 0 aliphatic carbocycles. The smallest absolute Gasteiger partial charge is 0.248 e. The Morgan fingerprint density at radius 1 is 0.374 bits per heavy atom. The summed E-state index contributed by atoms with van der Waals surface area (Å²) >= 11 is 0. The van der Waals surface area contributed by atoms with Crippen LogP contribution in [0.4, 0.5) is 0 Å². The Bertz CT molecular complexity index is 3840. The maximum absolute atomic E-state index is 14.5. The molecule has 0 aromatic carbocycles. The summed E-state index contributed by atoms with van der Waals surface area (Å²) in [4.78, 5) is 273. The number of rotatable bonds is 51. The van der Waals surface area contributed by atoms with E-state index >= 15 is 0 Å². The summed E-state index contributed by atoms with van der Waals surface area (Å²) in [6.45, 7) is 37.4. The molecule has 0 aromatic rings. The zero-order chi connectivity index (χ0) is 95.4. The Balaban J connectivity index is 3.26. The summed E-state index contributed by atoms with van der Waals surface area (Å²) in [6, 6.07) is -9.84. The first-order valence-electron chi connectivity index (χ1n) is 41.9. The topological polar surface area (TPSA) is 621 Å². The number of amides is 20. The molecule has 0 saturated carbocycles. The van der Waals surface area contributed by atoms with Gasteiger partial charge in [0.15, 0.2) is 0 Å². The fraction of sp³-hybridized carbons (Fsp3) is 0.756. The predicted octanol–water partition coefficient (Wildman–Crippen LogP) is -2.71. The quantitative estimate of drug-likeness (QED) is 0.0294. The van der Waals surface area contributed by atoms with Gasteiger partial charge in [-0.3, -0.25) is 95.9 Å². The van der Waals surface area contributed by atoms with E-state index in [2.05, 4.69) is 90.4 Å². The number of aliphatic hydroxyl groups excluding tert-OH is 1. The summed E-state index contributed by atoms with van der Waals surface area (Å²) in [5.74, 6) is -16.7. The van der Waals surface area contributed by atoms with Crippen molar-refractivity contribution in [1.82, 2.24) is 95.3 Å². The third-order valence-corrected chi connectivity index (χ3v) is 20.6. The molecule has 41 nitrogen and oxygen atoms in total. The minimum absolute atomic E-state index is 0.0159. The number of nitrogens with two attached hydrogens (primary N) is 2. The third-order valence-electron chi connectivity index (χ3n) is 20.6. The SMILES string of the molecule is CC[C@](C)(NC(=O)CNC(=O)C(C)(C)NC(=O)[C@@H](CC(C)C)NC(=O)[C@](C)(CC)NC(=O)[C@@H](CCC(N)=O)NC(=O)C(C)(C)NC(=O)[C@@H](CC(C)C)NC(=O)[C@H](C)NC(=O)CNC(=O)C(C)(C)NC(C)=O)C(=O)NC(C)(C)C(=O)N1CCC[C@@H]1C(=O)N[C@H](CC(C)C)C(=O)NC(C)(C)C(=O)NC(C)(C)C(=O)N[C@H](CCC(N)=O)C(=O)N[C@@H](CO)CC(C)C. The number of likely N-dealkylation sites (tertiary alicyclic amines) is 1. The van der Waals surface area contributed by atoms with E-state index in [9.17, 15) is 101 Å². The number of hydrogen-bond donors (Lipinski definition) is 20. The third kappa shape index (κ3) is 36.4. The Labute approximate surface area is 722 Å². The second-order valence-electron chi connectivity index (χ2n) is 37.1. The van der Waals surface area contributed by atoms with Crippen LogP contribution in [-0.4, -0.2) is 247 Å². The Morgan fingerprint density at radius 3 is 1.16 bits per heavy atom. The van der Waals surface area contributed by atoms with Crippen molar-refractivity contribution in [3.8, 4) is 0 Å². The largest absolute Gasteiger partial charge is 0.394 e. The van der Waals surface area contributed by atoms with Crippen LogP contribution in [0.25, 0.3) is 0 Å². The van der Waals surface area contributed by atoms with Crippen molar-refractivity contribution in [1.29, 1.82) is 0 Å². The molecular formula is C82H144N20O21. The zero-order valence-corrected chi connectivity index (χ0v) is 77.0. The van der Waals surface area contributed by atoms with Gasteiger partial charge < -0.3 is 112 Å². The van der Waals surface area contributed by atoms with E-state index in [-0.39, 0.29) is 81.6 Å². The van der Waals surface area contributed by atoms with Crippen molar-refractivity contribution in [2.75, 3.05) is 26.2 Å². The van der Waals surface area contributed by atoms with Gasteiger partial charge in [-0.25, -0.2) is 0 Å². The normalized spacial score (nSPS) is 15.9. The number of nitrogens with one attached hydrogen (secondary N) is 17.